The quantitative estimate of drug-likeness (QED) is 0.443. The zero-order chi connectivity index (χ0) is 11.3. The van der Waals surface area contributed by atoms with Crippen molar-refractivity contribution >= 4 is 17.5 Å². The summed E-state index contributed by atoms with van der Waals surface area (Å²) in [6.45, 7) is 3.64. The van der Waals surface area contributed by atoms with Gasteiger partial charge in [-0.25, -0.2) is 0 Å². The van der Waals surface area contributed by atoms with E-state index in [4.69, 9.17) is 5.73 Å². The Morgan fingerprint density at radius 2 is 2.13 bits per heavy atom. The third-order valence-corrected chi connectivity index (χ3v) is 1.56. The average Bonchev–Trinajstić information content (AvgIpc) is 2.26. The van der Waals surface area contributed by atoms with Crippen LogP contribution in [0.15, 0.2) is 31.1 Å². The van der Waals surface area contributed by atoms with Crippen LogP contribution in [0.4, 0.5) is 0 Å². The van der Waals surface area contributed by atoms with E-state index in [-0.39, 0.29) is 0 Å². The molecule has 15 heavy (non-hydrogen) atoms. The van der Waals surface area contributed by atoms with Crippen molar-refractivity contribution in [1.82, 2.24) is 15.8 Å². The minimum Gasteiger partial charge on any atom is -0.361 e. The van der Waals surface area contributed by atoms with Crippen LogP contribution in [-0.4, -0.2) is 16.8 Å². The van der Waals surface area contributed by atoms with Gasteiger partial charge in [0.1, 0.15) is 0 Å². The van der Waals surface area contributed by atoms with Crippen LogP contribution in [0.25, 0.3) is 5.70 Å². The van der Waals surface area contributed by atoms with E-state index in [9.17, 15) is 9.59 Å². The van der Waals surface area contributed by atoms with Crippen LogP contribution >= 0.6 is 0 Å². The molecule has 1 aromatic rings. The normalized spacial score (nSPS) is 9.07. The van der Waals surface area contributed by atoms with Crippen molar-refractivity contribution < 1.29 is 9.59 Å². The smallest absolute Gasteiger partial charge is 0.327 e. The summed E-state index contributed by atoms with van der Waals surface area (Å²) in [4.78, 5) is 25.0. The van der Waals surface area contributed by atoms with Crippen molar-refractivity contribution in [2.45, 2.75) is 0 Å². The van der Waals surface area contributed by atoms with Crippen molar-refractivity contribution in [3.05, 3.63) is 36.7 Å². The molecule has 0 aliphatic heterocycles. The molecule has 1 heterocycles. The Morgan fingerprint density at radius 1 is 1.40 bits per heavy atom. The molecule has 0 bridgehead atoms. The lowest BCUT2D eigenvalue weighted by molar-refractivity contribution is -0.137. The Bertz CT molecular complexity index is 388. The summed E-state index contributed by atoms with van der Waals surface area (Å²) in [6.07, 6.45) is 3.17. The first-order valence-corrected chi connectivity index (χ1v) is 4.06. The minimum atomic E-state index is -1.07. The van der Waals surface area contributed by atoms with Gasteiger partial charge in [0.25, 0.3) is 0 Å². The number of nitrogens with two attached hydrogens (primary N) is 1. The molecule has 0 saturated carbocycles. The van der Waals surface area contributed by atoms with E-state index in [2.05, 4.69) is 22.4 Å². The molecular weight excluding hydrogens is 196 g/mol. The third kappa shape index (κ3) is 3.11. The van der Waals surface area contributed by atoms with E-state index in [1.54, 1.807) is 24.5 Å². The van der Waals surface area contributed by atoms with Crippen molar-refractivity contribution in [2.24, 2.45) is 5.73 Å². The molecule has 0 unspecified atom stereocenters. The Labute approximate surface area is 86.2 Å². The van der Waals surface area contributed by atoms with Gasteiger partial charge in [-0.2, -0.15) is 0 Å². The molecule has 1 aromatic heterocycles. The lowest BCUT2D eigenvalue weighted by atomic mass is 10.2. The molecule has 0 fully saturated rings. The zero-order valence-corrected chi connectivity index (χ0v) is 7.86. The first kappa shape index (κ1) is 10.7. The summed E-state index contributed by atoms with van der Waals surface area (Å²) < 4.78 is 0. The number of pyridine rings is 1. The SMILES string of the molecule is C=C(NNC(=O)C(N)=O)c1cccnc1. The second-order valence-electron chi connectivity index (χ2n) is 2.66. The average molecular weight is 206 g/mol. The minimum absolute atomic E-state index is 0.415. The van der Waals surface area contributed by atoms with E-state index in [1.165, 1.54) is 0 Å². The molecule has 0 atom stereocenters. The van der Waals surface area contributed by atoms with Gasteiger partial charge in [-0.15, -0.1) is 0 Å². The molecule has 0 saturated heterocycles. The van der Waals surface area contributed by atoms with Crippen molar-refractivity contribution in [1.29, 1.82) is 0 Å². The van der Waals surface area contributed by atoms with Gasteiger partial charge in [0.2, 0.25) is 0 Å². The number of hydrogen-bond donors (Lipinski definition) is 3. The van der Waals surface area contributed by atoms with Crippen LogP contribution < -0.4 is 16.6 Å². The summed E-state index contributed by atoms with van der Waals surface area (Å²) in [5.74, 6) is -2.00. The Balaban J connectivity index is 2.51. The fraction of sp³-hybridized carbons (Fsp3) is 0. The highest BCUT2D eigenvalue weighted by molar-refractivity contribution is 6.34. The first-order chi connectivity index (χ1) is 7.11. The van der Waals surface area contributed by atoms with Gasteiger partial charge < -0.3 is 5.73 Å². The molecule has 6 nitrogen and oxygen atoms in total. The molecule has 6 heteroatoms. The Hall–Kier alpha value is -2.37. The highest BCUT2D eigenvalue weighted by Crippen LogP contribution is 2.04. The van der Waals surface area contributed by atoms with Gasteiger partial charge >= 0.3 is 11.8 Å². The van der Waals surface area contributed by atoms with E-state index >= 15 is 0 Å². The summed E-state index contributed by atoms with van der Waals surface area (Å²) in [6, 6.07) is 3.47. The maximum atomic E-state index is 10.8. The summed E-state index contributed by atoms with van der Waals surface area (Å²) in [5.41, 5.74) is 10.4. The van der Waals surface area contributed by atoms with Crippen LogP contribution in [0.5, 0.6) is 0 Å². The van der Waals surface area contributed by atoms with Gasteiger partial charge in [0, 0.05) is 18.0 Å². The number of aromatic nitrogens is 1. The predicted octanol–water partition coefficient (Wildman–Crippen LogP) is -0.842. The maximum Gasteiger partial charge on any atom is 0.327 e. The maximum absolute atomic E-state index is 10.8. The lowest BCUT2D eigenvalue weighted by Gasteiger charge is -2.08. The number of carbonyl (C=O) groups is 2. The molecule has 2 amide bonds. The Morgan fingerprint density at radius 3 is 2.67 bits per heavy atom. The number of primary amides is 1. The number of amides is 2. The van der Waals surface area contributed by atoms with Crippen LogP contribution in [0.1, 0.15) is 5.56 Å². The second kappa shape index (κ2) is 4.75. The lowest BCUT2D eigenvalue weighted by Crippen LogP contribution is -2.43. The molecule has 0 aromatic carbocycles. The zero-order valence-electron chi connectivity index (χ0n) is 7.86. The molecule has 0 aliphatic carbocycles. The number of hydrazine groups is 1. The molecule has 0 aliphatic rings. The largest absolute Gasteiger partial charge is 0.361 e. The fourth-order valence-electron chi connectivity index (χ4n) is 0.807. The first-order valence-electron chi connectivity index (χ1n) is 4.06. The Kier molecular flexibility index (Phi) is 3.39. The van der Waals surface area contributed by atoms with E-state index < -0.39 is 11.8 Å². The van der Waals surface area contributed by atoms with Gasteiger partial charge in [0.15, 0.2) is 0 Å². The summed E-state index contributed by atoms with van der Waals surface area (Å²) in [7, 11) is 0. The molecule has 4 N–H and O–H groups in total. The van der Waals surface area contributed by atoms with Gasteiger partial charge in [-0.1, -0.05) is 6.58 Å². The van der Waals surface area contributed by atoms with Gasteiger partial charge in [0.05, 0.1) is 5.70 Å². The number of hydrogen-bond acceptors (Lipinski definition) is 4. The topological polar surface area (TPSA) is 97.1 Å². The van der Waals surface area contributed by atoms with E-state index in [0.717, 1.165) is 0 Å². The van der Waals surface area contributed by atoms with Crippen molar-refractivity contribution in [2.75, 3.05) is 0 Å². The molecule has 0 radical (unpaired) electrons. The molecule has 78 valence electrons. The molecule has 1 rings (SSSR count). The predicted molar refractivity (Wildman–Crippen MR) is 53.7 cm³/mol. The summed E-state index contributed by atoms with van der Waals surface area (Å²) in [5, 5.41) is 0. The van der Waals surface area contributed by atoms with Crippen LogP contribution in [0.3, 0.4) is 0 Å². The number of rotatable bonds is 3. The van der Waals surface area contributed by atoms with E-state index in [1.807, 2.05) is 0 Å². The van der Waals surface area contributed by atoms with Crippen LogP contribution in [0.2, 0.25) is 0 Å². The molecular formula is C9H10N4O2. The van der Waals surface area contributed by atoms with Crippen molar-refractivity contribution in [3.63, 3.8) is 0 Å². The highest BCUT2D eigenvalue weighted by atomic mass is 16.2. The number of carbonyl (C=O) groups excluding carboxylic acids is 2. The highest BCUT2D eigenvalue weighted by Gasteiger charge is 2.07. The standard InChI is InChI=1S/C9H10N4O2/c1-6(7-3-2-4-11-5-7)12-13-9(15)8(10)14/h2-5,12H,1H2,(H2,10,14)(H,13,15). The van der Waals surface area contributed by atoms with Gasteiger partial charge in [-0.3, -0.25) is 25.4 Å². The number of nitrogens with one attached hydrogen (secondary N) is 2. The fourth-order valence-corrected chi connectivity index (χ4v) is 0.807. The molecule has 0 spiro atoms. The van der Waals surface area contributed by atoms with Crippen LogP contribution in [-0.2, 0) is 9.59 Å². The van der Waals surface area contributed by atoms with Gasteiger partial charge in [-0.05, 0) is 12.1 Å². The second-order valence-corrected chi connectivity index (χ2v) is 2.66. The third-order valence-electron chi connectivity index (χ3n) is 1.56. The van der Waals surface area contributed by atoms with Crippen molar-refractivity contribution in [3.8, 4) is 0 Å². The summed E-state index contributed by atoms with van der Waals surface area (Å²) >= 11 is 0. The number of nitrogens with zero attached hydrogens (tertiary/aromatic N) is 1. The van der Waals surface area contributed by atoms with Crippen LogP contribution in [0, 0.1) is 0 Å². The van der Waals surface area contributed by atoms with E-state index in [0.29, 0.717) is 11.3 Å². The monoisotopic (exact) mass is 206 g/mol.